The van der Waals surface area contributed by atoms with Gasteiger partial charge >= 0.3 is 6.09 Å². The molecule has 0 bridgehead atoms. The molecule has 0 saturated heterocycles. The average molecular weight is 423 g/mol. The molecule has 1 amide bonds. The normalized spacial score (nSPS) is 15.8. The summed E-state index contributed by atoms with van der Waals surface area (Å²) in [6.07, 6.45) is 3.05. The lowest BCUT2D eigenvalue weighted by Gasteiger charge is -2.23. The van der Waals surface area contributed by atoms with E-state index in [1.165, 1.54) is 24.5 Å². The van der Waals surface area contributed by atoms with Crippen molar-refractivity contribution in [3.05, 3.63) is 76.5 Å². The molecule has 1 atom stereocenters. The van der Waals surface area contributed by atoms with Gasteiger partial charge in [0.25, 0.3) is 5.56 Å². The molecule has 8 nitrogen and oxygen atoms in total. The maximum atomic E-state index is 13.4. The molecule has 9 heteroatoms. The van der Waals surface area contributed by atoms with Gasteiger partial charge in [-0.3, -0.25) is 9.36 Å². The lowest BCUT2D eigenvalue weighted by molar-refractivity contribution is 0.105. The Hall–Kier alpha value is -3.62. The number of rotatable bonds is 4. The minimum atomic E-state index is -0.427. The van der Waals surface area contributed by atoms with E-state index in [1.807, 2.05) is 0 Å². The van der Waals surface area contributed by atoms with Gasteiger partial charge in [0.2, 0.25) is 0 Å². The second-order valence-corrected chi connectivity index (χ2v) is 7.26. The van der Waals surface area contributed by atoms with Gasteiger partial charge in [-0.15, -0.1) is 0 Å². The summed E-state index contributed by atoms with van der Waals surface area (Å²) in [5.41, 5.74) is 1.66. The monoisotopic (exact) mass is 423 g/mol. The second-order valence-electron chi connectivity index (χ2n) is 7.26. The summed E-state index contributed by atoms with van der Waals surface area (Å²) in [5.74, 6) is -0.0392. The van der Waals surface area contributed by atoms with Crippen molar-refractivity contribution in [2.45, 2.75) is 25.8 Å². The van der Waals surface area contributed by atoms with Crippen LogP contribution in [0.5, 0.6) is 0 Å². The summed E-state index contributed by atoms with van der Waals surface area (Å²) in [5, 5.41) is 0. The summed E-state index contributed by atoms with van der Waals surface area (Å²) >= 11 is 0. The molecule has 1 aromatic carbocycles. The summed E-state index contributed by atoms with van der Waals surface area (Å²) < 4.78 is 20.2. The number of hydrogen-bond donors (Lipinski definition) is 0. The number of benzene rings is 1. The molecule has 0 radical (unpaired) electrons. The number of carbonyl (C=O) groups excluding carboxylic acids is 1. The third-order valence-electron chi connectivity index (χ3n) is 5.20. The largest absolute Gasteiger partial charge is 0.450 e. The van der Waals surface area contributed by atoms with E-state index in [4.69, 9.17) is 9.72 Å². The van der Waals surface area contributed by atoms with Crippen LogP contribution in [-0.4, -0.2) is 50.2 Å². The zero-order valence-corrected chi connectivity index (χ0v) is 17.1. The van der Waals surface area contributed by atoms with Gasteiger partial charge in [0.15, 0.2) is 0 Å². The third-order valence-corrected chi connectivity index (χ3v) is 5.20. The number of halogens is 1. The van der Waals surface area contributed by atoms with E-state index in [0.29, 0.717) is 43.3 Å². The maximum Gasteiger partial charge on any atom is 0.409 e. The van der Waals surface area contributed by atoms with Crippen molar-refractivity contribution in [2.75, 3.05) is 19.7 Å². The summed E-state index contributed by atoms with van der Waals surface area (Å²) in [6.45, 7) is 2.99. The SMILES string of the molecule is CCOC(=O)N1CCn2c(nc(-c3ccncn3)cc2=O)C(Cc2ccc(F)cc2)C1. The molecule has 160 valence electrons. The molecule has 1 aliphatic heterocycles. The highest BCUT2D eigenvalue weighted by molar-refractivity contribution is 5.67. The molecule has 1 unspecified atom stereocenters. The van der Waals surface area contributed by atoms with Crippen LogP contribution in [0.2, 0.25) is 0 Å². The second kappa shape index (κ2) is 9.03. The smallest absolute Gasteiger partial charge is 0.409 e. The molecule has 0 fully saturated rings. The van der Waals surface area contributed by atoms with E-state index in [0.717, 1.165) is 5.56 Å². The minimum Gasteiger partial charge on any atom is -0.450 e. The minimum absolute atomic E-state index is 0.214. The van der Waals surface area contributed by atoms with Crippen molar-refractivity contribution in [1.29, 1.82) is 0 Å². The van der Waals surface area contributed by atoms with Crippen LogP contribution in [0.4, 0.5) is 9.18 Å². The predicted octanol–water partition coefficient (Wildman–Crippen LogP) is 2.64. The Bertz CT molecular complexity index is 1120. The fraction of sp³-hybridized carbons (Fsp3) is 0.318. The van der Waals surface area contributed by atoms with E-state index in [2.05, 4.69) is 9.97 Å². The first kappa shape index (κ1) is 20.6. The van der Waals surface area contributed by atoms with Gasteiger partial charge in [0.1, 0.15) is 18.0 Å². The molecule has 2 aromatic heterocycles. The summed E-state index contributed by atoms with van der Waals surface area (Å²) in [7, 11) is 0. The number of carbonyl (C=O) groups is 1. The molecule has 3 heterocycles. The highest BCUT2D eigenvalue weighted by Gasteiger charge is 2.29. The van der Waals surface area contributed by atoms with Gasteiger partial charge in [0, 0.05) is 37.8 Å². The molecule has 3 aromatic rings. The summed E-state index contributed by atoms with van der Waals surface area (Å²) in [6, 6.07) is 9.33. The van der Waals surface area contributed by atoms with Crippen molar-refractivity contribution < 1.29 is 13.9 Å². The van der Waals surface area contributed by atoms with Gasteiger partial charge in [-0.25, -0.2) is 24.1 Å². The van der Waals surface area contributed by atoms with Gasteiger partial charge in [-0.2, -0.15) is 0 Å². The Balaban J connectivity index is 1.76. The van der Waals surface area contributed by atoms with Crippen molar-refractivity contribution in [1.82, 2.24) is 24.4 Å². The predicted molar refractivity (Wildman–Crippen MR) is 111 cm³/mol. The molecule has 4 rings (SSSR count). The Kier molecular flexibility index (Phi) is 6.01. The third kappa shape index (κ3) is 4.60. The van der Waals surface area contributed by atoms with E-state index in [-0.39, 0.29) is 23.9 Å². The van der Waals surface area contributed by atoms with Gasteiger partial charge in [-0.1, -0.05) is 12.1 Å². The lowest BCUT2D eigenvalue weighted by Crippen LogP contribution is -2.35. The first-order valence-electron chi connectivity index (χ1n) is 10.1. The van der Waals surface area contributed by atoms with Crippen LogP contribution in [0.25, 0.3) is 11.4 Å². The lowest BCUT2D eigenvalue weighted by atomic mass is 9.97. The van der Waals surface area contributed by atoms with E-state index in [1.54, 1.807) is 40.8 Å². The maximum absolute atomic E-state index is 13.4. The first-order chi connectivity index (χ1) is 15.0. The fourth-order valence-corrected chi connectivity index (χ4v) is 3.73. The van der Waals surface area contributed by atoms with Crippen molar-refractivity contribution in [2.24, 2.45) is 0 Å². The molecular formula is C22H22FN5O3. The zero-order valence-electron chi connectivity index (χ0n) is 17.1. The van der Waals surface area contributed by atoms with Crippen LogP contribution >= 0.6 is 0 Å². The average Bonchev–Trinajstić information content (AvgIpc) is 2.96. The van der Waals surface area contributed by atoms with Crippen LogP contribution in [0.15, 0.2) is 53.7 Å². The number of hydrogen-bond acceptors (Lipinski definition) is 6. The van der Waals surface area contributed by atoms with Crippen molar-refractivity contribution in [3.8, 4) is 11.4 Å². The van der Waals surface area contributed by atoms with E-state index in [9.17, 15) is 14.0 Å². The van der Waals surface area contributed by atoms with Crippen LogP contribution in [0.3, 0.4) is 0 Å². The Morgan fingerprint density at radius 2 is 2.00 bits per heavy atom. The van der Waals surface area contributed by atoms with Crippen molar-refractivity contribution >= 4 is 6.09 Å². The molecule has 0 saturated carbocycles. The molecule has 0 N–H and O–H groups in total. The van der Waals surface area contributed by atoms with Gasteiger partial charge in [-0.05, 0) is 37.1 Å². The number of fused-ring (bicyclic) bond motifs is 1. The van der Waals surface area contributed by atoms with Gasteiger partial charge in [0.05, 0.1) is 18.0 Å². The highest BCUT2D eigenvalue weighted by atomic mass is 19.1. The zero-order chi connectivity index (χ0) is 21.8. The van der Waals surface area contributed by atoms with Crippen LogP contribution in [0.1, 0.15) is 24.2 Å². The molecule has 0 aliphatic carbocycles. The first-order valence-corrected chi connectivity index (χ1v) is 10.1. The van der Waals surface area contributed by atoms with Crippen LogP contribution in [0, 0.1) is 5.82 Å². The number of nitrogens with zero attached hydrogens (tertiary/aromatic N) is 5. The molecule has 1 aliphatic rings. The highest BCUT2D eigenvalue weighted by Crippen LogP contribution is 2.25. The topological polar surface area (TPSA) is 90.2 Å². The fourth-order valence-electron chi connectivity index (χ4n) is 3.73. The molecule has 31 heavy (non-hydrogen) atoms. The Labute approximate surface area is 178 Å². The Morgan fingerprint density at radius 1 is 1.19 bits per heavy atom. The summed E-state index contributed by atoms with van der Waals surface area (Å²) in [4.78, 5) is 39.9. The standard InChI is InChI=1S/C22H22FN5O3/c1-2-31-22(30)27-9-10-28-20(29)12-19(18-7-8-24-14-25-18)26-21(28)16(13-27)11-15-3-5-17(23)6-4-15/h3-8,12,14,16H,2,9-11,13H2,1H3. The molecule has 0 spiro atoms. The van der Waals surface area contributed by atoms with Gasteiger partial charge < -0.3 is 9.64 Å². The molecular weight excluding hydrogens is 401 g/mol. The quantitative estimate of drug-likeness (QED) is 0.641. The van der Waals surface area contributed by atoms with Crippen molar-refractivity contribution in [3.63, 3.8) is 0 Å². The van der Waals surface area contributed by atoms with Crippen LogP contribution < -0.4 is 5.56 Å². The van der Waals surface area contributed by atoms with E-state index >= 15 is 0 Å². The number of ether oxygens (including phenoxy) is 1. The van der Waals surface area contributed by atoms with E-state index < -0.39 is 6.09 Å². The Morgan fingerprint density at radius 3 is 2.71 bits per heavy atom. The number of aromatic nitrogens is 4. The van der Waals surface area contributed by atoms with Crippen LogP contribution in [-0.2, 0) is 17.7 Å². The number of amides is 1.